The standard InChI is InChI=1S/C15H15F3N6/c1-23-10(6-8-2-3-8)9(7-21-23)11-12(15(16,17)18)24-5-4-20-14(24)13(19)22-11/h4-5,7-8H,2-3,6H2,1H3,(H2,19,22). The number of rotatable bonds is 3. The highest BCUT2D eigenvalue weighted by molar-refractivity contribution is 5.72. The SMILES string of the molecule is Cn1ncc(-c2nc(N)c3nccn3c2C(F)(F)F)c1CC1CC1. The molecule has 1 saturated carbocycles. The van der Waals surface area contributed by atoms with E-state index in [1.165, 1.54) is 18.6 Å². The van der Waals surface area contributed by atoms with Crippen molar-refractivity contribution in [1.82, 2.24) is 24.1 Å². The van der Waals surface area contributed by atoms with Crippen molar-refractivity contribution in [2.75, 3.05) is 5.73 Å². The number of hydrogen-bond donors (Lipinski definition) is 1. The van der Waals surface area contributed by atoms with E-state index in [0.717, 1.165) is 22.9 Å². The lowest BCUT2D eigenvalue weighted by Gasteiger charge is -2.16. The third kappa shape index (κ3) is 2.31. The van der Waals surface area contributed by atoms with Gasteiger partial charge in [0.05, 0.1) is 6.20 Å². The van der Waals surface area contributed by atoms with Crippen LogP contribution in [0.25, 0.3) is 16.9 Å². The Kier molecular flexibility index (Phi) is 3.09. The predicted octanol–water partition coefficient (Wildman–Crippen LogP) is 2.68. The van der Waals surface area contributed by atoms with Gasteiger partial charge in [0.2, 0.25) is 0 Å². The Morgan fingerprint density at radius 3 is 2.75 bits per heavy atom. The van der Waals surface area contributed by atoms with Crippen molar-refractivity contribution < 1.29 is 13.2 Å². The second-order valence-corrected chi connectivity index (χ2v) is 6.09. The zero-order chi connectivity index (χ0) is 17.1. The zero-order valence-corrected chi connectivity index (χ0v) is 12.9. The number of anilines is 1. The van der Waals surface area contributed by atoms with Gasteiger partial charge >= 0.3 is 6.18 Å². The maximum atomic E-state index is 13.7. The van der Waals surface area contributed by atoms with Crippen molar-refractivity contribution in [3.63, 3.8) is 0 Å². The number of nitrogens with two attached hydrogens (primary N) is 1. The molecule has 3 aromatic heterocycles. The van der Waals surface area contributed by atoms with Gasteiger partial charge in [-0.3, -0.25) is 9.08 Å². The van der Waals surface area contributed by atoms with Crippen molar-refractivity contribution in [2.24, 2.45) is 13.0 Å². The minimum Gasteiger partial charge on any atom is -0.381 e. The molecule has 3 aromatic rings. The molecule has 0 amide bonds. The van der Waals surface area contributed by atoms with E-state index in [2.05, 4.69) is 15.1 Å². The highest BCUT2D eigenvalue weighted by atomic mass is 19.4. The quantitative estimate of drug-likeness (QED) is 0.798. The largest absolute Gasteiger partial charge is 0.433 e. The van der Waals surface area contributed by atoms with Crippen LogP contribution in [0.2, 0.25) is 0 Å². The molecule has 1 aliphatic carbocycles. The first kappa shape index (κ1) is 15.0. The lowest BCUT2D eigenvalue weighted by atomic mass is 10.1. The zero-order valence-electron chi connectivity index (χ0n) is 12.9. The van der Waals surface area contributed by atoms with Gasteiger partial charge in [-0.25, -0.2) is 9.97 Å². The molecule has 24 heavy (non-hydrogen) atoms. The van der Waals surface area contributed by atoms with E-state index in [1.54, 1.807) is 11.7 Å². The van der Waals surface area contributed by atoms with Gasteiger partial charge in [0.1, 0.15) is 5.69 Å². The molecule has 2 N–H and O–H groups in total. The maximum Gasteiger partial charge on any atom is 0.433 e. The second kappa shape index (κ2) is 4.96. The van der Waals surface area contributed by atoms with Crippen LogP contribution in [-0.2, 0) is 19.6 Å². The summed E-state index contributed by atoms with van der Waals surface area (Å²) in [6.45, 7) is 0. The van der Waals surface area contributed by atoms with Crippen LogP contribution in [0.1, 0.15) is 24.2 Å². The van der Waals surface area contributed by atoms with Crippen LogP contribution >= 0.6 is 0 Å². The highest BCUT2D eigenvalue weighted by Crippen LogP contribution is 2.40. The lowest BCUT2D eigenvalue weighted by molar-refractivity contribution is -0.141. The van der Waals surface area contributed by atoms with E-state index < -0.39 is 11.9 Å². The summed E-state index contributed by atoms with van der Waals surface area (Å²) in [6.07, 6.45) is 2.23. The number of aryl methyl sites for hydroxylation is 1. The van der Waals surface area contributed by atoms with E-state index in [-0.39, 0.29) is 17.2 Å². The smallest absolute Gasteiger partial charge is 0.381 e. The molecule has 1 fully saturated rings. The maximum absolute atomic E-state index is 13.7. The molecule has 9 heteroatoms. The van der Waals surface area contributed by atoms with E-state index in [1.807, 2.05) is 0 Å². The number of alkyl halides is 3. The fourth-order valence-electron chi connectivity index (χ4n) is 2.97. The molecule has 0 atom stereocenters. The van der Waals surface area contributed by atoms with Crippen molar-refractivity contribution in [2.45, 2.75) is 25.4 Å². The van der Waals surface area contributed by atoms with Crippen molar-refractivity contribution >= 4 is 11.5 Å². The molecule has 0 aliphatic heterocycles. The number of aromatic nitrogens is 5. The summed E-state index contributed by atoms with van der Waals surface area (Å²) in [4.78, 5) is 7.90. The van der Waals surface area contributed by atoms with Crippen LogP contribution in [0.5, 0.6) is 0 Å². The van der Waals surface area contributed by atoms with Gasteiger partial charge in [0.25, 0.3) is 0 Å². The Balaban J connectivity index is 2.00. The van der Waals surface area contributed by atoms with E-state index >= 15 is 0 Å². The molecule has 0 aromatic carbocycles. The normalized spacial score (nSPS) is 15.3. The summed E-state index contributed by atoms with van der Waals surface area (Å²) in [5.41, 5.74) is 5.87. The van der Waals surface area contributed by atoms with Crippen LogP contribution < -0.4 is 5.73 Å². The molecule has 4 rings (SSSR count). The molecule has 0 radical (unpaired) electrons. The van der Waals surface area contributed by atoms with Crippen molar-refractivity contribution in [1.29, 1.82) is 0 Å². The number of fused-ring (bicyclic) bond motifs is 1. The number of imidazole rings is 1. The molecule has 0 saturated heterocycles. The molecule has 6 nitrogen and oxygen atoms in total. The van der Waals surface area contributed by atoms with Crippen molar-refractivity contribution in [3.8, 4) is 11.3 Å². The Morgan fingerprint density at radius 1 is 1.33 bits per heavy atom. The predicted molar refractivity (Wildman–Crippen MR) is 81.0 cm³/mol. The summed E-state index contributed by atoms with van der Waals surface area (Å²) in [7, 11) is 1.73. The van der Waals surface area contributed by atoms with Gasteiger partial charge < -0.3 is 5.73 Å². The van der Waals surface area contributed by atoms with Gasteiger partial charge in [-0.05, 0) is 25.2 Å². The van der Waals surface area contributed by atoms with Gasteiger partial charge in [0, 0.05) is 30.7 Å². The van der Waals surface area contributed by atoms with Crippen LogP contribution in [0.4, 0.5) is 19.0 Å². The first-order valence-corrected chi connectivity index (χ1v) is 7.57. The average molecular weight is 336 g/mol. The summed E-state index contributed by atoms with van der Waals surface area (Å²) in [5, 5.41) is 4.14. The molecule has 1 aliphatic rings. The summed E-state index contributed by atoms with van der Waals surface area (Å²) < 4.78 is 43.8. The molecule has 0 bridgehead atoms. The third-order valence-corrected chi connectivity index (χ3v) is 4.33. The topological polar surface area (TPSA) is 74.0 Å². The van der Waals surface area contributed by atoms with Crippen LogP contribution in [0.3, 0.4) is 0 Å². The summed E-state index contributed by atoms with van der Waals surface area (Å²) >= 11 is 0. The number of nitrogen functional groups attached to an aromatic ring is 1. The fourth-order valence-corrected chi connectivity index (χ4v) is 2.97. The van der Waals surface area contributed by atoms with Crippen LogP contribution in [-0.4, -0.2) is 24.1 Å². The van der Waals surface area contributed by atoms with Gasteiger partial charge in [0.15, 0.2) is 17.2 Å². The first-order chi connectivity index (χ1) is 11.4. The van der Waals surface area contributed by atoms with Crippen LogP contribution in [0, 0.1) is 5.92 Å². The molecular formula is C15H15F3N6. The third-order valence-electron chi connectivity index (χ3n) is 4.33. The Hall–Kier alpha value is -2.58. The summed E-state index contributed by atoms with van der Waals surface area (Å²) in [6, 6.07) is 0. The summed E-state index contributed by atoms with van der Waals surface area (Å²) in [5.74, 6) is 0.465. The second-order valence-electron chi connectivity index (χ2n) is 6.09. The molecule has 126 valence electrons. The minimum absolute atomic E-state index is 0.00120. The van der Waals surface area contributed by atoms with Gasteiger partial charge in [-0.1, -0.05) is 0 Å². The van der Waals surface area contributed by atoms with Crippen LogP contribution in [0.15, 0.2) is 18.6 Å². The Bertz CT molecular complexity index is 919. The van der Waals surface area contributed by atoms with Gasteiger partial charge in [-0.15, -0.1) is 0 Å². The number of halogens is 3. The molecule has 3 heterocycles. The molecule has 0 unspecified atom stereocenters. The highest BCUT2D eigenvalue weighted by Gasteiger charge is 2.39. The van der Waals surface area contributed by atoms with Gasteiger partial charge in [-0.2, -0.15) is 18.3 Å². The lowest BCUT2D eigenvalue weighted by Crippen LogP contribution is -2.16. The molecule has 0 spiro atoms. The minimum atomic E-state index is -4.60. The number of nitrogens with zero attached hydrogens (tertiary/aromatic N) is 5. The van der Waals surface area contributed by atoms with E-state index in [0.29, 0.717) is 17.9 Å². The van der Waals surface area contributed by atoms with E-state index in [4.69, 9.17) is 5.73 Å². The monoisotopic (exact) mass is 336 g/mol. The Morgan fingerprint density at radius 2 is 2.08 bits per heavy atom. The Labute approximate surface area is 135 Å². The van der Waals surface area contributed by atoms with Crippen molar-refractivity contribution in [3.05, 3.63) is 30.0 Å². The molecular weight excluding hydrogens is 321 g/mol. The number of hydrogen-bond acceptors (Lipinski definition) is 4. The first-order valence-electron chi connectivity index (χ1n) is 7.57. The fraction of sp³-hybridized carbons (Fsp3) is 0.400. The van der Waals surface area contributed by atoms with E-state index in [9.17, 15) is 13.2 Å². The average Bonchev–Trinajstić information content (AvgIpc) is 3.04.